The second-order valence-corrected chi connectivity index (χ2v) is 5.20. The second kappa shape index (κ2) is 7.89. The normalized spacial score (nSPS) is 12.4. The van der Waals surface area contributed by atoms with Crippen molar-refractivity contribution in [3.63, 3.8) is 0 Å². The fourth-order valence-electron chi connectivity index (χ4n) is 2.34. The number of rotatable bonds is 7. The molecule has 0 saturated heterocycles. The smallest absolute Gasteiger partial charge is 0.295 e. The zero-order valence-corrected chi connectivity index (χ0v) is 12.6. The van der Waals surface area contributed by atoms with E-state index in [0.29, 0.717) is 18.5 Å². The van der Waals surface area contributed by atoms with Gasteiger partial charge >= 0.3 is 6.18 Å². The minimum Gasteiger partial charge on any atom is -0.295 e. The molecule has 0 saturated carbocycles. The second-order valence-electron chi connectivity index (χ2n) is 4.82. The van der Waals surface area contributed by atoms with Crippen molar-refractivity contribution < 1.29 is 13.2 Å². The first-order valence-electron chi connectivity index (χ1n) is 6.88. The molecule has 0 aromatic heterocycles. The van der Waals surface area contributed by atoms with Gasteiger partial charge < -0.3 is 0 Å². The van der Waals surface area contributed by atoms with Crippen LogP contribution in [0.15, 0.2) is 24.3 Å². The first-order valence-corrected chi connectivity index (χ1v) is 7.42. The van der Waals surface area contributed by atoms with Crippen LogP contribution in [-0.4, -0.2) is 23.4 Å². The topological polar surface area (TPSA) is 3.24 Å². The lowest BCUT2D eigenvalue weighted by Gasteiger charge is -2.29. The molecular formula is C15H21ClF3N. The van der Waals surface area contributed by atoms with Crippen LogP contribution in [-0.2, 0) is 12.7 Å². The van der Waals surface area contributed by atoms with E-state index in [9.17, 15) is 13.2 Å². The van der Waals surface area contributed by atoms with Crippen LogP contribution in [0, 0.1) is 0 Å². The van der Waals surface area contributed by atoms with Crippen LogP contribution in [0.2, 0.25) is 0 Å². The largest absolute Gasteiger partial charge is 0.416 e. The molecule has 0 aliphatic carbocycles. The predicted octanol–water partition coefficient (Wildman–Crippen LogP) is 4.93. The van der Waals surface area contributed by atoms with E-state index in [1.54, 1.807) is 12.1 Å². The third-order valence-corrected chi connectivity index (χ3v) is 3.67. The van der Waals surface area contributed by atoms with Crippen LogP contribution in [0.25, 0.3) is 0 Å². The highest BCUT2D eigenvalue weighted by Crippen LogP contribution is 2.29. The summed E-state index contributed by atoms with van der Waals surface area (Å²) in [4.78, 5) is 2.23. The Morgan fingerprint density at radius 1 is 1.10 bits per heavy atom. The number of halogens is 4. The molecule has 0 atom stereocenters. The van der Waals surface area contributed by atoms with Gasteiger partial charge in [-0.15, -0.1) is 11.6 Å². The minimum atomic E-state index is -4.27. The zero-order chi connectivity index (χ0) is 15.2. The lowest BCUT2D eigenvalue weighted by Crippen LogP contribution is -2.35. The summed E-state index contributed by atoms with van der Waals surface area (Å²) in [6.45, 7) is 5.61. The molecule has 0 aliphatic heterocycles. The van der Waals surface area contributed by atoms with Crippen LogP contribution in [0.1, 0.15) is 37.8 Å². The number of benzene rings is 1. The monoisotopic (exact) mass is 307 g/mol. The lowest BCUT2D eigenvalue weighted by molar-refractivity contribution is -0.137. The third-order valence-electron chi connectivity index (χ3n) is 3.50. The molecule has 114 valence electrons. The van der Waals surface area contributed by atoms with E-state index in [1.807, 2.05) is 0 Å². The van der Waals surface area contributed by atoms with Gasteiger partial charge in [-0.05, 0) is 30.5 Å². The summed E-state index contributed by atoms with van der Waals surface area (Å²) in [5.74, 6) is 0.525. The Morgan fingerprint density at radius 2 is 1.65 bits per heavy atom. The number of hydrogen-bond donors (Lipinski definition) is 0. The van der Waals surface area contributed by atoms with Gasteiger partial charge in [0.1, 0.15) is 0 Å². The standard InChI is InChI=1S/C15H21ClF3N/c1-3-14(4-2)20(10-9-16)11-12-5-7-13(8-6-12)15(17,18)19/h5-8,14H,3-4,9-11H2,1-2H3. The molecule has 0 N–H and O–H groups in total. The summed E-state index contributed by atoms with van der Waals surface area (Å²) in [7, 11) is 0. The number of hydrogen-bond acceptors (Lipinski definition) is 1. The molecule has 0 heterocycles. The molecule has 0 spiro atoms. The average molecular weight is 308 g/mol. The Balaban J connectivity index is 2.78. The van der Waals surface area contributed by atoms with Crippen molar-refractivity contribution in [1.82, 2.24) is 4.90 Å². The predicted molar refractivity (Wildman–Crippen MR) is 76.9 cm³/mol. The van der Waals surface area contributed by atoms with Crippen molar-refractivity contribution in [2.45, 2.75) is 45.5 Å². The summed E-state index contributed by atoms with van der Waals surface area (Å²) >= 11 is 5.82. The van der Waals surface area contributed by atoms with Gasteiger partial charge in [-0.2, -0.15) is 13.2 Å². The minimum absolute atomic E-state index is 0.413. The maximum absolute atomic E-state index is 12.5. The molecule has 1 aromatic carbocycles. The number of alkyl halides is 4. The fraction of sp³-hybridized carbons (Fsp3) is 0.600. The summed E-state index contributed by atoms with van der Waals surface area (Å²) in [6, 6.07) is 5.79. The van der Waals surface area contributed by atoms with E-state index >= 15 is 0 Å². The molecule has 5 heteroatoms. The van der Waals surface area contributed by atoms with E-state index in [4.69, 9.17) is 11.6 Å². The molecule has 1 rings (SSSR count). The summed E-state index contributed by atoms with van der Waals surface area (Å²) in [5.41, 5.74) is 0.280. The van der Waals surface area contributed by atoms with Gasteiger partial charge in [0, 0.05) is 25.0 Å². The number of nitrogens with zero attached hydrogens (tertiary/aromatic N) is 1. The SMILES string of the molecule is CCC(CC)N(CCCl)Cc1ccc(C(F)(F)F)cc1. The molecule has 0 bridgehead atoms. The third kappa shape index (κ3) is 4.98. The van der Waals surface area contributed by atoms with Crippen molar-refractivity contribution in [1.29, 1.82) is 0 Å². The molecule has 1 aromatic rings. The summed E-state index contributed by atoms with van der Waals surface area (Å²) < 4.78 is 37.5. The van der Waals surface area contributed by atoms with Gasteiger partial charge in [-0.1, -0.05) is 26.0 Å². The van der Waals surface area contributed by atoms with Crippen molar-refractivity contribution in [2.75, 3.05) is 12.4 Å². The molecule has 0 unspecified atom stereocenters. The molecule has 0 radical (unpaired) electrons. The van der Waals surface area contributed by atoms with Gasteiger partial charge in [-0.25, -0.2) is 0 Å². The first kappa shape index (κ1) is 17.3. The van der Waals surface area contributed by atoms with E-state index in [2.05, 4.69) is 18.7 Å². The van der Waals surface area contributed by atoms with Gasteiger partial charge in [0.2, 0.25) is 0 Å². The van der Waals surface area contributed by atoms with E-state index in [0.717, 1.165) is 37.1 Å². The zero-order valence-electron chi connectivity index (χ0n) is 11.9. The molecule has 1 nitrogen and oxygen atoms in total. The van der Waals surface area contributed by atoms with Crippen LogP contribution >= 0.6 is 11.6 Å². The summed E-state index contributed by atoms with van der Waals surface area (Å²) in [6.07, 6.45) is -2.26. The highest BCUT2D eigenvalue weighted by atomic mass is 35.5. The Morgan fingerprint density at radius 3 is 2.05 bits per heavy atom. The average Bonchev–Trinajstić information content (AvgIpc) is 2.40. The maximum atomic E-state index is 12.5. The van der Waals surface area contributed by atoms with Crippen LogP contribution in [0.3, 0.4) is 0 Å². The van der Waals surface area contributed by atoms with E-state index in [1.165, 1.54) is 0 Å². The quantitative estimate of drug-likeness (QED) is 0.645. The Kier molecular flexibility index (Phi) is 6.83. The molecule has 0 aliphatic rings. The fourth-order valence-corrected chi connectivity index (χ4v) is 2.56. The van der Waals surface area contributed by atoms with Crippen molar-refractivity contribution in [3.8, 4) is 0 Å². The molecule has 0 amide bonds. The maximum Gasteiger partial charge on any atom is 0.416 e. The van der Waals surface area contributed by atoms with Gasteiger partial charge in [0.25, 0.3) is 0 Å². The van der Waals surface area contributed by atoms with E-state index < -0.39 is 11.7 Å². The Hall–Kier alpha value is -0.740. The first-order chi connectivity index (χ1) is 9.42. The van der Waals surface area contributed by atoms with Crippen molar-refractivity contribution >= 4 is 11.6 Å². The molecule has 20 heavy (non-hydrogen) atoms. The molecular weight excluding hydrogens is 287 g/mol. The van der Waals surface area contributed by atoms with E-state index in [-0.39, 0.29) is 0 Å². The van der Waals surface area contributed by atoms with Gasteiger partial charge in [-0.3, -0.25) is 4.90 Å². The molecule has 0 fully saturated rings. The summed E-state index contributed by atoms with van der Waals surface area (Å²) in [5, 5.41) is 0. The Labute approximate surface area is 123 Å². The van der Waals surface area contributed by atoms with Gasteiger partial charge in [0.15, 0.2) is 0 Å². The van der Waals surface area contributed by atoms with Crippen molar-refractivity contribution in [2.24, 2.45) is 0 Å². The van der Waals surface area contributed by atoms with Crippen LogP contribution in [0.4, 0.5) is 13.2 Å². The lowest BCUT2D eigenvalue weighted by atomic mass is 10.1. The van der Waals surface area contributed by atoms with Crippen LogP contribution in [0.5, 0.6) is 0 Å². The highest BCUT2D eigenvalue weighted by molar-refractivity contribution is 6.18. The van der Waals surface area contributed by atoms with Crippen molar-refractivity contribution in [3.05, 3.63) is 35.4 Å². The van der Waals surface area contributed by atoms with Gasteiger partial charge in [0.05, 0.1) is 5.56 Å². The highest BCUT2D eigenvalue weighted by Gasteiger charge is 2.30. The van der Waals surface area contributed by atoms with Crippen LogP contribution < -0.4 is 0 Å². The Bertz CT molecular complexity index is 385.